The first-order chi connectivity index (χ1) is 11.1. The Balaban J connectivity index is 1.85. The molecule has 1 aliphatic rings. The lowest BCUT2D eigenvalue weighted by Crippen LogP contribution is -2.34. The lowest BCUT2D eigenvalue weighted by Gasteiger charge is -2.21. The van der Waals surface area contributed by atoms with Crippen LogP contribution in [0.25, 0.3) is 0 Å². The van der Waals surface area contributed by atoms with Gasteiger partial charge in [0.2, 0.25) is 10.0 Å². The summed E-state index contributed by atoms with van der Waals surface area (Å²) in [5, 5.41) is 0. The SMILES string of the molecule is CC(C)(C)c1ccc(S(=O)(=O)NC2(c3ccc(F)cc3)CC2)cc1. The Kier molecular flexibility index (Phi) is 4.04. The second kappa shape index (κ2) is 5.67. The van der Waals surface area contributed by atoms with Crippen molar-refractivity contribution in [1.82, 2.24) is 4.72 Å². The molecule has 0 unspecified atom stereocenters. The molecule has 0 atom stereocenters. The Morgan fingerprint density at radius 1 is 0.958 bits per heavy atom. The van der Waals surface area contributed by atoms with Crippen molar-refractivity contribution in [3.8, 4) is 0 Å². The molecule has 0 bridgehead atoms. The summed E-state index contributed by atoms with van der Waals surface area (Å²) in [6, 6.07) is 13.0. The largest absolute Gasteiger partial charge is 0.241 e. The summed E-state index contributed by atoms with van der Waals surface area (Å²) < 4.78 is 41.3. The van der Waals surface area contributed by atoms with E-state index in [1.54, 1.807) is 24.3 Å². The fourth-order valence-electron chi connectivity index (χ4n) is 2.79. The Hall–Kier alpha value is -1.72. The maximum atomic E-state index is 13.1. The van der Waals surface area contributed by atoms with Crippen molar-refractivity contribution >= 4 is 10.0 Å². The molecule has 1 aliphatic carbocycles. The Morgan fingerprint density at radius 3 is 1.96 bits per heavy atom. The number of benzene rings is 2. The van der Waals surface area contributed by atoms with Crippen molar-refractivity contribution in [2.75, 3.05) is 0 Å². The molecule has 3 rings (SSSR count). The molecule has 1 N–H and O–H groups in total. The van der Waals surface area contributed by atoms with Gasteiger partial charge < -0.3 is 0 Å². The highest BCUT2D eigenvalue weighted by Gasteiger charge is 2.47. The Morgan fingerprint density at radius 2 is 1.50 bits per heavy atom. The molecule has 0 spiro atoms. The third-order valence-electron chi connectivity index (χ3n) is 4.51. The lowest BCUT2D eigenvalue weighted by molar-refractivity contribution is 0.550. The second-order valence-electron chi connectivity index (χ2n) is 7.47. The molecule has 2 aromatic rings. The van der Waals surface area contributed by atoms with Gasteiger partial charge in [0.15, 0.2) is 0 Å². The van der Waals surface area contributed by atoms with Gasteiger partial charge in [0.05, 0.1) is 10.4 Å². The summed E-state index contributed by atoms with van der Waals surface area (Å²) in [5.74, 6) is -0.324. The molecular formula is C19H22FNO2S. The molecule has 0 radical (unpaired) electrons. The Labute approximate surface area is 143 Å². The molecule has 1 saturated carbocycles. The summed E-state index contributed by atoms with van der Waals surface area (Å²) >= 11 is 0. The van der Waals surface area contributed by atoms with Crippen LogP contribution in [0.5, 0.6) is 0 Å². The van der Waals surface area contributed by atoms with Gasteiger partial charge in [-0.3, -0.25) is 0 Å². The van der Waals surface area contributed by atoms with Crippen molar-refractivity contribution in [3.05, 3.63) is 65.5 Å². The summed E-state index contributed by atoms with van der Waals surface area (Å²) in [4.78, 5) is 0.254. The maximum absolute atomic E-state index is 13.1. The fraction of sp³-hybridized carbons (Fsp3) is 0.368. The van der Waals surface area contributed by atoms with E-state index >= 15 is 0 Å². The molecule has 0 saturated heterocycles. The standard InChI is InChI=1S/C19H22FNO2S/c1-18(2,3)14-6-10-17(11-7-14)24(22,23)21-19(12-13-19)15-4-8-16(20)9-5-15/h4-11,21H,12-13H2,1-3H3. The van der Waals surface area contributed by atoms with Crippen LogP contribution in [-0.4, -0.2) is 8.42 Å². The lowest BCUT2D eigenvalue weighted by atomic mass is 9.87. The monoisotopic (exact) mass is 347 g/mol. The normalized spacial score (nSPS) is 16.8. The highest BCUT2D eigenvalue weighted by Crippen LogP contribution is 2.46. The predicted octanol–water partition coefficient (Wildman–Crippen LogP) is 4.09. The first-order valence-electron chi connectivity index (χ1n) is 8.03. The average Bonchev–Trinajstić information content (AvgIpc) is 3.27. The first kappa shape index (κ1) is 17.1. The molecule has 0 amide bonds. The third-order valence-corrected chi connectivity index (χ3v) is 6.06. The summed E-state index contributed by atoms with van der Waals surface area (Å²) in [6.07, 6.45) is 1.44. The Bertz CT molecular complexity index is 830. The number of hydrogen-bond acceptors (Lipinski definition) is 2. The van der Waals surface area contributed by atoms with Gasteiger partial charge in [0.25, 0.3) is 0 Å². The van der Waals surface area contributed by atoms with Crippen LogP contribution in [-0.2, 0) is 21.0 Å². The van der Waals surface area contributed by atoms with Crippen LogP contribution in [0.3, 0.4) is 0 Å². The molecule has 24 heavy (non-hydrogen) atoms. The minimum atomic E-state index is -3.62. The van der Waals surface area contributed by atoms with Gasteiger partial charge in [-0.2, -0.15) is 0 Å². The van der Waals surface area contributed by atoms with E-state index < -0.39 is 15.6 Å². The van der Waals surface area contributed by atoms with Crippen molar-refractivity contribution in [2.24, 2.45) is 0 Å². The van der Waals surface area contributed by atoms with Crippen LogP contribution in [0, 0.1) is 5.82 Å². The van der Waals surface area contributed by atoms with Crippen molar-refractivity contribution in [1.29, 1.82) is 0 Å². The molecule has 128 valence electrons. The topological polar surface area (TPSA) is 46.2 Å². The smallest absolute Gasteiger partial charge is 0.207 e. The van der Waals surface area contributed by atoms with Gasteiger partial charge in [-0.25, -0.2) is 17.5 Å². The van der Waals surface area contributed by atoms with E-state index in [9.17, 15) is 12.8 Å². The van der Waals surface area contributed by atoms with Crippen molar-refractivity contribution < 1.29 is 12.8 Å². The van der Waals surface area contributed by atoms with Crippen LogP contribution < -0.4 is 4.72 Å². The van der Waals surface area contributed by atoms with E-state index in [2.05, 4.69) is 25.5 Å². The summed E-state index contributed by atoms with van der Waals surface area (Å²) in [5.41, 5.74) is 1.26. The molecule has 0 aliphatic heterocycles. The number of halogens is 1. The van der Waals surface area contributed by atoms with Crippen molar-refractivity contribution in [2.45, 2.75) is 49.5 Å². The fourth-order valence-corrected chi connectivity index (χ4v) is 4.24. The van der Waals surface area contributed by atoms with Gasteiger partial charge in [0.1, 0.15) is 5.82 Å². The quantitative estimate of drug-likeness (QED) is 0.905. The van der Waals surface area contributed by atoms with Gasteiger partial charge in [-0.05, 0) is 53.6 Å². The van der Waals surface area contributed by atoms with E-state index in [1.165, 1.54) is 12.1 Å². The molecule has 3 nitrogen and oxygen atoms in total. The van der Waals surface area contributed by atoms with E-state index in [0.717, 1.165) is 24.0 Å². The van der Waals surface area contributed by atoms with Gasteiger partial charge >= 0.3 is 0 Å². The van der Waals surface area contributed by atoms with E-state index in [-0.39, 0.29) is 16.1 Å². The van der Waals surface area contributed by atoms with Crippen LogP contribution in [0.4, 0.5) is 4.39 Å². The molecule has 0 aromatic heterocycles. The van der Waals surface area contributed by atoms with E-state index in [4.69, 9.17) is 0 Å². The van der Waals surface area contributed by atoms with Crippen LogP contribution >= 0.6 is 0 Å². The van der Waals surface area contributed by atoms with Gasteiger partial charge in [-0.15, -0.1) is 0 Å². The van der Waals surface area contributed by atoms with Crippen LogP contribution in [0.15, 0.2) is 53.4 Å². The third kappa shape index (κ3) is 3.37. The average molecular weight is 347 g/mol. The number of sulfonamides is 1. The first-order valence-corrected chi connectivity index (χ1v) is 9.51. The zero-order valence-corrected chi connectivity index (χ0v) is 15.0. The van der Waals surface area contributed by atoms with Crippen LogP contribution in [0.1, 0.15) is 44.7 Å². The van der Waals surface area contributed by atoms with E-state index in [1.807, 2.05) is 12.1 Å². The molecular weight excluding hydrogens is 325 g/mol. The minimum Gasteiger partial charge on any atom is -0.207 e. The number of rotatable bonds is 4. The number of hydrogen-bond donors (Lipinski definition) is 1. The second-order valence-corrected chi connectivity index (χ2v) is 9.15. The highest BCUT2D eigenvalue weighted by molar-refractivity contribution is 7.89. The highest BCUT2D eigenvalue weighted by atomic mass is 32.2. The minimum absolute atomic E-state index is 0.0262. The zero-order valence-electron chi connectivity index (χ0n) is 14.1. The summed E-state index contributed by atoms with van der Waals surface area (Å²) in [7, 11) is -3.62. The van der Waals surface area contributed by atoms with E-state index in [0.29, 0.717) is 0 Å². The van der Waals surface area contributed by atoms with Gasteiger partial charge in [0, 0.05) is 0 Å². The predicted molar refractivity (Wildman–Crippen MR) is 92.8 cm³/mol. The van der Waals surface area contributed by atoms with Gasteiger partial charge in [-0.1, -0.05) is 45.0 Å². The number of nitrogens with one attached hydrogen (secondary N) is 1. The molecule has 0 heterocycles. The molecule has 1 fully saturated rings. The zero-order chi connectivity index (χ0) is 17.6. The molecule has 2 aromatic carbocycles. The summed E-state index contributed by atoms with van der Waals surface area (Å²) in [6.45, 7) is 6.26. The molecule has 5 heteroatoms. The maximum Gasteiger partial charge on any atom is 0.241 e. The van der Waals surface area contributed by atoms with Crippen molar-refractivity contribution in [3.63, 3.8) is 0 Å². The van der Waals surface area contributed by atoms with Crippen LogP contribution in [0.2, 0.25) is 0 Å².